The van der Waals surface area contributed by atoms with Crippen LogP contribution >= 0.6 is 24.0 Å². The SMILES string of the molecule is C=C/C=C(\C=C)C(C)SC(=S)OCC. The average molecular weight is 228 g/mol. The molecule has 78 valence electrons. The van der Waals surface area contributed by atoms with Gasteiger partial charge in [0.15, 0.2) is 0 Å². The van der Waals surface area contributed by atoms with Gasteiger partial charge in [-0.25, -0.2) is 0 Å². The minimum atomic E-state index is 0.254. The molecule has 0 spiro atoms. The average Bonchev–Trinajstić information content (AvgIpc) is 2.14. The molecule has 0 aliphatic heterocycles. The van der Waals surface area contributed by atoms with E-state index in [1.54, 1.807) is 6.08 Å². The minimum absolute atomic E-state index is 0.254. The first-order valence-corrected chi connectivity index (χ1v) is 5.72. The predicted molar refractivity (Wildman–Crippen MR) is 69.8 cm³/mol. The first kappa shape index (κ1) is 13.5. The fraction of sp³-hybridized carbons (Fsp3) is 0.364. The van der Waals surface area contributed by atoms with Crippen molar-refractivity contribution in [3.63, 3.8) is 0 Å². The van der Waals surface area contributed by atoms with E-state index in [0.29, 0.717) is 11.0 Å². The van der Waals surface area contributed by atoms with Gasteiger partial charge < -0.3 is 4.74 Å². The Hall–Kier alpha value is -0.540. The number of thiocarbonyl (C=S) groups is 1. The van der Waals surface area contributed by atoms with Crippen LogP contribution in [0.2, 0.25) is 0 Å². The summed E-state index contributed by atoms with van der Waals surface area (Å²) >= 11 is 6.55. The van der Waals surface area contributed by atoms with Crippen LogP contribution in [0, 0.1) is 0 Å². The zero-order chi connectivity index (χ0) is 11.0. The van der Waals surface area contributed by atoms with Gasteiger partial charge >= 0.3 is 0 Å². The van der Waals surface area contributed by atoms with Gasteiger partial charge in [0.05, 0.1) is 6.61 Å². The van der Waals surface area contributed by atoms with Gasteiger partial charge in [-0.1, -0.05) is 43.1 Å². The van der Waals surface area contributed by atoms with E-state index in [1.807, 2.05) is 19.1 Å². The van der Waals surface area contributed by atoms with Crippen molar-refractivity contribution in [2.24, 2.45) is 0 Å². The third-order valence-corrected chi connectivity index (χ3v) is 2.89. The molecule has 0 aromatic rings. The second kappa shape index (κ2) is 7.83. The van der Waals surface area contributed by atoms with Gasteiger partial charge in [-0.05, 0) is 31.6 Å². The van der Waals surface area contributed by atoms with E-state index in [4.69, 9.17) is 17.0 Å². The summed E-state index contributed by atoms with van der Waals surface area (Å²) in [5.74, 6) is 0. The predicted octanol–water partition coefficient (Wildman–Crippen LogP) is 3.73. The Balaban J connectivity index is 4.23. The van der Waals surface area contributed by atoms with Crippen molar-refractivity contribution >= 4 is 28.4 Å². The second-order valence-corrected chi connectivity index (χ2v) is 4.49. The zero-order valence-electron chi connectivity index (χ0n) is 8.66. The number of hydrogen-bond acceptors (Lipinski definition) is 3. The van der Waals surface area contributed by atoms with E-state index >= 15 is 0 Å². The highest BCUT2D eigenvalue weighted by Gasteiger charge is 2.09. The van der Waals surface area contributed by atoms with Crippen molar-refractivity contribution in [2.45, 2.75) is 19.1 Å². The lowest BCUT2D eigenvalue weighted by atomic mass is 10.2. The van der Waals surface area contributed by atoms with E-state index in [1.165, 1.54) is 11.8 Å². The van der Waals surface area contributed by atoms with Crippen molar-refractivity contribution in [3.05, 3.63) is 37.0 Å². The maximum Gasteiger partial charge on any atom is 0.220 e. The number of rotatable bonds is 5. The lowest BCUT2D eigenvalue weighted by molar-refractivity contribution is 0.346. The van der Waals surface area contributed by atoms with E-state index in [-0.39, 0.29) is 5.25 Å². The fourth-order valence-corrected chi connectivity index (χ4v) is 2.21. The molecule has 0 saturated heterocycles. The molecule has 1 unspecified atom stereocenters. The Morgan fingerprint density at radius 2 is 2.21 bits per heavy atom. The molecule has 0 amide bonds. The zero-order valence-corrected chi connectivity index (χ0v) is 10.3. The molecule has 0 fully saturated rings. The summed E-state index contributed by atoms with van der Waals surface area (Å²) in [6.07, 6.45) is 5.49. The lowest BCUT2D eigenvalue weighted by Crippen LogP contribution is -2.05. The van der Waals surface area contributed by atoms with Gasteiger partial charge in [0.25, 0.3) is 0 Å². The summed E-state index contributed by atoms with van der Waals surface area (Å²) in [5, 5.41) is 0.254. The number of thioether (sulfide) groups is 1. The van der Waals surface area contributed by atoms with Crippen LogP contribution in [0.25, 0.3) is 0 Å². The monoisotopic (exact) mass is 228 g/mol. The van der Waals surface area contributed by atoms with Crippen molar-refractivity contribution in [2.75, 3.05) is 6.61 Å². The van der Waals surface area contributed by atoms with Crippen LogP contribution in [0.15, 0.2) is 37.0 Å². The summed E-state index contributed by atoms with van der Waals surface area (Å²) in [5.41, 5.74) is 1.10. The smallest absolute Gasteiger partial charge is 0.220 e. The van der Waals surface area contributed by atoms with E-state index in [9.17, 15) is 0 Å². The van der Waals surface area contributed by atoms with Gasteiger partial charge in [0.1, 0.15) is 0 Å². The Labute approximate surface area is 95.9 Å². The molecule has 0 N–H and O–H groups in total. The Kier molecular flexibility index (Phi) is 7.52. The van der Waals surface area contributed by atoms with Crippen LogP contribution in [0.3, 0.4) is 0 Å². The fourth-order valence-electron chi connectivity index (χ4n) is 0.870. The maximum atomic E-state index is 5.19. The molecule has 0 saturated carbocycles. The Morgan fingerprint density at radius 3 is 2.64 bits per heavy atom. The first-order valence-electron chi connectivity index (χ1n) is 4.44. The van der Waals surface area contributed by atoms with Crippen LogP contribution in [0.4, 0.5) is 0 Å². The molecule has 0 aliphatic carbocycles. The van der Waals surface area contributed by atoms with E-state index in [0.717, 1.165) is 5.57 Å². The molecule has 0 bridgehead atoms. The van der Waals surface area contributed by atoms with Gasteiger partial charge in [0, 0.05) is 5.25 Å². The molecule has 3 heteroatoms. The van der Waals surface area contributed by atoms with E-state index in [2.05, 4.69) is 20.1 Å². The van der Waals surface area contributed by atoms with Crippen LogP contribution in [-0.4, -0.2) is 16.2 Å². The molecule has 0 aromatic heterocycles. The van der Waals surface area contributed by atoms with Crippen LogP contribution in [0.5, 0.6) is 0 Å². The summed E-state index contributed by atoms with van der Waals surface area (Å²) in [6, 6.07) is 0. The summed E-state index contributed by atoms with van der Waals surface area (Å²) in [7, 11) is 0. The van der Waals surface area contributed by atoms with E-state index < -0.39 is 0 Å². The van der Waals surface area contributed by atoms with Crippen LogP contribution < -0.4 is 0 Å². The molecular weight excluding hydrogens is 212 g/mol. The standard InChI is InChI=1S/C11H16OS2/c1-5-8-10(6-2)9(4)14-11(13)12-7-3/h5-6,8-9H,1-2,7H2,3-4H3/b10-8+. The number of ether oxygens (including phenoxy) is 1. The molecule has 0 rings (SSSR count). The molecule has 0 aliphatic rings. The maximum absolute atomic E-state index is 5.19. The Morgan fingerprint density at radius 1 is 1.57 bits per heavy atom. The number of hydrogen-bond donors (Lipinski definition) is 0. The summed E-state index contributed by atoms with van der Waals surface area (Å²) in [6.45, 7) is 12.0. The summed E-state index contributed by atoms with van der Waals surface area (Å²) in [4.78, 5) is 0. The van der Waals surface area contributed by atoms with Crippen LogP contribution in [0.1, 0.15) is 13.8 Å². The van der Waals surface area contributed by atoms with Gasteiger partial charge in [-0.2, -0.15) is 0 Å². The van der Waals surface area contributed by atoms with Gasteiger partial charge in [0.2, 0.25) is 4.38 Å². The molecule has 0 aromatic carbocycles. The molecule has 14 heavy (non-hydrogen) atoms. The van der Waals surface area contributed by atoms with Crippen molar-refractivity contribution in [1.82, 2.24) is 0 Å². The molecule has 0 heterocycles. The van der Waals surface area contributed by atoms with Crippen LogP contribution in [-0.2, 0) is 4.74 Å². The lowest BCUT2D eigenvalue weighted by Gasteiger charge is -2.12. The highest BCUT2D eigenvalue weighted by atomic mass is 32.2. The van der Waals surface area contributed by atoms with Gasteiger partial charge in [-0.15, -0.1) is 0 Å². The highest BCUT2D eigenvalue weighted by molar-refractivity contribution is 8.23. The van der Waals surface area contributed by atoms with Crippen molar-refractivity contribution in [1.29, 1.82) is 0 Å². The quantitative estimate of drug-likeness (QED) is 0.524. The Bertz CT molecular complexity index is 244. The summed E-state index contributed by atoms with van der Waals surface area (Å²) < 4.78 is 5.77. The number of allylic oxidation sites excluding steroid dienone is 3. The molecule has 0 radical (unpaired) electrons. The van der Waals surface area contributed by atoms with Crippen molar-refractivity contribution < 1.29 is 4.74 Å². The van der Waals surface area contributed by atoms with Crippen molar-refractivity contribution in [3.8, 4) is 0 Å². The minimum Gasteiger partial charge on any atom is -0.479 e. The normalized spacial score (nSPS) is 13.1. The van der Waals surface area contributed by atoms with Gasteiger partial charge in [-0.3, -0.25) is 0 Å². The molecular formula is C11H16OS2. The largest absolute Gasteiger partial charge is 0.479 e. The second-order valence-electron chi connectivity index (χ2n) is 2.55. The first-order chi connectivity index (χ1) is 6.65. The molecule has 1 nitrogen and oxygen atoms in total. The topological polar surface area (TPSA) is 9.23 Å². The third kappa shape index (κ3) is 5.25. The molecule has 1 atom stereocenters. The highest BCUT2D eigenvalue weighted by Crippen LogP contribution is 2.21. The third-order valence-electron chi connectivity index (χ3n) is 1.55.